The second-order valence-electron chi connectivity index (χ2n) is 3.81. The maximum absolute atomic E-state index is 10.7. The molecular formula is C8H15NO6. The van der Waals surface area contributed by atoms with Gasteiger partial charge in [0, 0.05) is 6.04 Å². The first-order valence-electron chi connectivity index (χ1n) is 4.57. The predicted octanol–water partition coefficient (Wildman–Crippen LogP) is -3.14. The molecule has 6 atom stereocenters. The molecule has 0 aromatic rings. The standard InChI is InChI=1S/C8H15NO6/c9-3-1-2(8(14)15)4(10)6(12)7(13)5(3)11/h2-7,10-13H,1,9H2,(H,14,15)/t2-,3+,4-,5-,6+,7+/m1/s1. The van der Waals surface area contributed by atoms with Crippen LogP contribution >= 0.6 is 0 Å². The molecule has 0 aromatic heterocycles. The van der Waals surface area contributed by atoms with Gasteiger partial charge in [-0.3, -0.25) is 4.79 Å². The van der Waals surface area contributed by atoms with Crippen LogP contribution in [0.25, 0.3) is 0 Å². The SMILES string of the molecule is N[C@H]1C[C@@H](C(=O)O)[C@@H](O)[C@H](O)[C@@H](O)[C@@H]1O. The van der Waals surface area contributed by atoms with Gasteiger partial charge in [-0.1, -0.05) is 0 Å². The second-order valence-corrected chi connectivity index (χ2v) is 3.81. The Morgan fingerprint density at radius 1 is 1.00 bits per heavy atom. The number of nitrogens with two attached hydrogens (primary N) is 1. The summed E-state index contributed by atoms with van der Waals surface area (Å²) in [4.78, 5) is 10.7. The van der Waals surface area contributed by atoms with E-state index in [-0.39, 0.29) is 6.42 Å². The molecule has 7 nitrogen and oxygen atoms in total. The van der Waals surface area contributed by atoms with Gasteiger partial charge in [-0.05, 0) is 6.42 Å². The van der Waals surface area contributed by atoms with Crippen LogP contribution in [0.1, 0.15) is 6.42 Å². The molecule has 7 N–H and O–H groups in total. The third-order valence-electron chi connectivity index (χ3n) is 2.74. The fourth-order valence-corrected chi connectivity index (χ4v) is 1.71. The highest BCUT2D eigenvalue weighted by molar-refractivity contribution is 5.71. The highest BCUT2D eigenvalue weighted by Crippen LogP contribution is 2.24. The first kappa shape index (κ1) is 12.3. The van der Waals surface area contributed by atoms with E-state index in [9.17, 15) is 25.2 Å². The maximum atomic E-state index is 10.7. The molecule has 7 heteroatoms. The third kappa shape index (κ3) is 2.27. The van der Waals surface area contributed by atoms with Gasteiger partial charge in [0.15, 0.2) is 0 Å². The van der Waals surface area contributed by atoms with Crippen molar-refractivity contribution in [3.8, 4) is 0 Å². The van der Waals surface area contributed by atoms with Crippen molar-refractivity contribution in [2.45, 2.75) is 36.9 Å². The topological polar surface area (TPSA) is 144 Å². The molecular weight excluding hydrogens is 206 g/mol. The number of carboxylic acids is 1. The van der Waals surface area contributed by atoms with Crippen LogP contribution in [-0.2, 0) is 4.79 Å². The molecule has 0 bridgehead atoms. The molecule has 0 aliphatic heterocycles. The Labute approximate surface area is 85.8 Å². The minimum Gasteiger partial charge on any atom is -0.481 e. The molecule has 88 valence electrons. The lowest BCUT2D eigenvalue weighted by Crippen LogP contribution is -2.48. The van der Waals surface area contributed by atoms with Crippen LogP contribution in [0.15, 0.2) is 0 Å². The molecule has 1 saturated carbocycles. The van der Waals surface area contributed by atoms with Gasteiger partial charge in [-0.15, -0.1) is 0 Å². The van der Waals surface area contributed by atoms with Crippen LogP contribution in [0.5, 0.6) is 0 Å². The summed E-state index contributed by atoms with van der Waals surface area (Å²) in [5.74, 6) is -2.61. The predicted molar refractivity (Wildman–Crippen MR) is 47.7 cm³/mol. The highest BCUT2D eigenvalue weighted by Gasteiger charge is 2.44. The number of aliphatic hydroxyl groups excluding tert-OH is 4. The van der Waals surface area contributed by atoms with E-state index in [1.807, 2.05) is 0 Å². The zero-order chi connectivity index (χ0) is 11.7. The van der Waals surface area contributed by atoms with Crippen LogP contribution in [0.4, 0.5) is 0 Å². The number of carboxylic acid groups (broad SMARTS) is 1. The Morgan fingerprint density at radius 2 is 1.47 bits per heavy atom. The van der Waals surface area contributed by atoms with Crippen molar-refractivity contribution >= 4 is 5.97 Å². The lowest BCUT2D eigenvalue weighted by Gasteiger charge is -2.24. The van der Waals surface area contributed by atoms with E-state index < -0.39 is 42.3 Å². The Balaban J connectivity index is 2.92. The van der Waals surface area contributed by atoms with Crippen LogP contribution in [0, 0.1) is 5.92 Å². The highest BCUT2D eigenvalue weighted by atomic mass is 16.4. The average molecular weight is 221 g/mol. The summed E-state index contributed by atoms with van der Waals surface area (Å²) in [6.07, 6.45) is -6.64. The normalized spacial score (nSPS) is 47.3. The molecule has 0 amide bonds. The number of aliphatic hydroxyl groups is 4. The summed E-state index contributed by atoms with van der Waals surface area (Å²) in [5.41, 5.74) is 5.43. The summed E-state index contributed by atoms with van der Waals surface area (Å²) in [7, 11) is 0. The van der Waals surface area contributed by atoms with E-state index in [2.05, 4.69) is 0 Å². The minimum absolute atomic E-state index is 0.203. The lowest BCUT2D eigenvalue weighted by atomic mass is 9.95. The molecule has 0 unspecified atom stereocenters. The van der Waals surface area contributed by atoms with Crippen molar-refractivity contribution in [3.05, 3.63) is 0 Å². The van der Waals surface area contributed by atoms with Gasteiger partial charge < -0.3 is 31.3 Å². The van der Waals surface area contributed by atoms with Crippen molar-refractivity contribution in [1.29, 1.82) is 0 Å². The zero-order valence-electron chi connectivity index (χ0n) is 7.89. The van der Waals surface area contributed by atoms with Gasteiger partial charge in [-0.25, -0.2) is 0 Å². The Bertz CT molecular complexity index is 247. The van der Waals surface area contributed by atoms with Crippen molar-refractivity contribution in [2.75, 3.05) is 0 Å². The molecule has 0 spiro atoms. The number of carbonyl (C=O) groups is 1. The molecule has 0 radical (unpaired) electrons. The summed E-state index contributed by atoms with van der Waals surface area (Å²) in [6, 6.07) is -0.993. The monoisotopic (exact) mass is 221 g/mol. The maximum Gasteiger partial charge on any atom is 0.309 e. The van der Waals surface area contributed by atoms with Gasteiger partial charge in [0.1, 0.15) is 12.2 Å². The van der Waals surface area contributed by atoms with E-state index >= 15 is 0 Å². The zero-order valence-corrected chi connectivity index (χ0v) is 7.89. The van der Waals surface area contributed by atoms with Crippen LogP contribution in [0.3, 0.4) is 0 Å². The van der Waals surface area contributed by atoms with Crippen molar-refractivity contribution in [2.24, 2.45) is 11.7 Å². The van der Waals surface area contributed by atoms with Crippen LogP contribution in [0.2, 0.25) is 0 Å². The molecule has 0 aromatic carbocycles. The van der Waals surface area contributed by atoms with Crippen molar-refractivity contribution in [1.82, 2.24) is 0 Å². The molecule has 1 aliphatic rings. The van der Waals surface area contributed by atoms with Crippen LogP contribution in [-0.4, -0.2) is 62.0 Å². The Hall–Kier alpha value is -0.730. The van der Waals surface area contributed by atoms with Gasteiger partial charge in [0.2, 0.25) is 0 Å². The summed E-state index contributed by atoms with van der Waals surface area (Å²) in [5, 5.41) is 46.3. The van der Waals surface area contributed by atoms with Gasteiger partial charge in [-0.2, -0.15) is 0 Å². The van der Waals surface area contributed by atoms with Gasteiger partial charge >= 0.3 is 5.97 Å². The lowest BCUT2D eigenvalue weighted by molar-refractivity contribution is -0.152. The Morgan fingerprint density at radius 3 is 1.93 bits per heavy atom. The molecule has 0 heterocycles. The summed E-state index contributed by atoms with van der Waals surface area (Å²) >= 11 is 0. The third-order valence-corrected chi connectivity index (χ3v) is 2.74. The van der Waals surface area contributed by atoms with Gasteiger partial charge in [0.25, 0.3) is 0 Å². The summed E-state index contributed by atoms with van der Waals surface area (Å²) < 4.78 is 0. The molecule has 1 aliphatic carbocycles. The average Bonchev–Trinajstić information content (AvgIpc) is 2.25. The number of rotatable bonds is 1. The van der Waals surface area contributed by atoms with Crippen molar-refractivity contribution in [3.63, 3.8) is 0 Å². The van der Waals surface area contributed by atoms with E-state index in [1.165, 1.54) is 0 Å². The smallest absolute Gasteiger partial charge is 0.309 e. The first-order valence-corrected chi connectivity index (χ1v) is 4.57. The molecule has 15 heavy (non-hydrogen) atoms. The second kappa shape index (κ2) is 4.42. The molecule has 0 saturated heterocycles. The largest absolute Gasteiger partial charge is 0.481 e. The first-order chi connectivity index (χ1) is 6.86. The molecule has 1 rings (SSSR count). The van der Waals surface area contributed by atoms with E-state index in [1.54, 1.807) is 0 Å². The van der Waals surface area contributed by atoms with E-state index in [0.717, 1.165) is 0 Å². The molecule has 1 fully saturated rings. The van der Waals surface area contributed by atoms with E-state index in [0.29, 0.717) is 0 Å². The van der Waals surface area contributed by atoms with Crippen LogP contribution < -0.4 is 5.73 Å². The number of hydrogen-bond acceptors (Lipinski definition) is 6. The fourth-order valence-electron chi connectivity index (χ4n) is 1.71. The summed E-state index contributed by atoms with van der Waals surface area (Å²) in [6.45, 7) is 0. The Kier molecular flexibility index (Phi) is 3.63. The van der Waals surface area contributed by atoms with E-state index in [4.69, 9.17) is 10.8 Å². The fraction of sp³-hybridized carbons (Fsp3) is 0.875. The number of hydrogen-bond donors (Lipinski definition) is 6. The van der Waals surface area contributed by atoms with Crippen molar-refractivity contribution < 1.29 is 30.3 Å². The number of aliphatic carboxylic acids is 1. The quantitative estimate of drug-likeness (QED) is 0.257. The minimum atomic E-state index is -1.71. The van der Waals surface area contributed by atoms with Gasteiger partial charge in [0.05, 0.1) is 18.1 Å².